The molecule has 16 heteroatoms. The lowest BCUT2D eigenvalue weighted by Crippen LogP contribution is -2.32. The summed E-state index contributed by atoms with van der Waals surface area (Å²) in [5.74, 6) is -4.50. The number of nitrogens with zero attached hydrogens (tertiary/aromatic N) is 3. The molecule has 0 spiro atoms. The van der Waals surface area contributed by atoms with Gasteiger partial charge in [0.25, 0.3) is 11.2 Å². The van der Waals surface area contributed by atoms with Crippen molar-refractivity contribution in [2.45, 2.75) is 63.8 Å². The van der Waals surface area contributed by atoms with Gasteiger partial charge in [-0.15, -0.1) is 0 Å². The summed E-state index contributed by atoms with van der Waals surface area (Å²) in [5.41, 5.74) is -1.27. The Hall–Kier alpha value is -4.73. The predicted octanol–water partition coefficient (Wildman–Crippen LogP) is 10.1. The number of halogens is 8. The van der Waals surface area contributed by atoms with E-state index in [1.165, 1.54) is 38.4 Å². The molecule has 1 saturated heterocycles. The number of benzene rings is 2. The van der Waals surface area contributed by atoms with Gasteiger partial charge in [-0.25, -0.2) is 14.8 Å². The molecule has 270 valence electrons. The smallest absolute Gasteiger partial charge is 0.416 e. The van der Waals surface area contributed by atoms with Crippen molar-refractivity contribution in [3.8, 4) is 28.1 Å². The molecule has 0 saturated carbocycles. The van der Waals surface area contributed by atoms with Crippen LogP contribution in [0.25, 0.3) is 22.3 Å². The highest BCUT2D eigenvalue weighted by molar-refractivity contribution is 8.14. The Morgan fingerprint density at radius 3 is 2.02 bits per heavy atom. The number of ether oxygens (including phenoxy) is 1. The van der Waals surface area contributed by atoms with Gasteiger partial charge in [0.1, 0.15) is 5.69 Å². The Kier molecular flexibility index (Phi) is 9.88. The van der Waals surface area contributed by atoms with Crippen LogP contribution in [-0.2, 0) is 24.8 Å². The lowest BCUT2D eigenvalue weighted by atomic mass is 9.92. The van der Waals surface area contributed by atoms with E-state index < -0.39 is 64.1 Å². The summed E-state index contributed by atoms with van der Waals surface area (Å²) in [6, 6.07) is 7.15. The molecule has 0 radical (unpaired) electrons. The second kappa shape index (κ2) is 13.4. The quantitative estimate of drug-likeness (QED) is 0.180. The highest BCUT2D eigenvalue weighted by Gasteiger charge is 2.43. The maximum atomic E-state index is 14.6. The molecule has 3 heterocycles. The Morgan fingerprint density at radius 2 is 1.51 bits per heavy atom. The first-order valence-electron chi connectivity index (χ1n) is 15.1. The van der Waals surface area contributed by atoms with Gasteiger partial charge in [-0.2, -0.15) is 35.1 Å². The first-order chi connectivity index (χ1) is 23.6. The number of carboxylic acid groups (broad SMARTS) is 1. The number of rotatable bonds is 8. The second-order valence-electron chi connectivity index (χ2n) is 12.2. The zero-order valence-electron chi connectivity index (χ0n) is 27.5. The number of amides is 1. The van der Waals surface area contributed by atoms with Crippen LogP contribution in [0.3, 0.4) is 0 Å². The Morgan fingerprint density at radius 1 is 0.922 bits per heavy atom. The van der Waals surface area contributed by atoms with E-state index in [0.29, 0.717) is 53.1 Å². The number of hydrogen-bond acceptors (Lipinski definition) is 6. The number of carboxylic acids is 1. The van der Waals surface area contributed by atoms with Crippen LogP contribution < -0.4 is 4.74 Å². The predicted molar refractivity (Wildman–Crippen MR) is 173 cm³/mol. The highest BCUT2D eigenvalue weighted by Crippen LogP contribution is 2.47. The van der Waals surface area contributed by atoms with Crippen LogP contribution in [0.15, 0.2) is 54.7 Å². The van der Waals surface area contributed by atoms with E-state index in [1.807, 2.05) is 0 Å². The summed E-state index contributed by atoms with van der Waals surface area (Å²) in [7, 11) is 1.32. The lowest BCUT2D eigenvalue weighted by molar-refractivity contribution is -0.143. The summed E-state index contributed by atoms with van der Waals surface area (Å²) >= 11 is 0.515. The number of pyridine rings is 2. The molecule has 51 heavy (non-hydrogen) atoms. The minimum Gasteiger partial charge on any atom is -0.481 e. The molecule has 1 aliphatic heterocycles. The molecule has 1 fully saturated rings. The maximum absolute atomic E-state index is 14.6. The third kappa shape index (κ3) is 7.65. The van der Waals surface area contributed by atoms with Crippen molar-refractivity contribution in [3.05, 3.63) is 99.5 Å². The summed E-state index contributed by atoms with van der Waals surface area (Å²) in [6.45, 7) is 5.02. The van der Waals surface area contributed by atoms with Crippen molar-refractivity contribution >= 4 is 23.0 Å². The summed E-state index contributed by atoms with van der Waals surface area (Å²) in [5, 5.41) is 7.58. The first-order valence-corrected chi connectivity index (χ1v) is 16.0. The van der Waals surface area contributed by atoms with Gasteiger partial charge < -0.3 is 14.7 Å². The minimum absolute atomic E-state index is 0.000958. The normalized spacial score (nSPS) is 16.9. The Balaban J connectivity index is 1.61. The Bertz CT molecular complexity index is 1970. The van der Waals surface area contributed by atoms with Crippen molar-refractivity contribution in [2.75, 3.05) is 7.11 Å². The average molecular weight is 740 g/mol. The molecule has 1 aliphatic rings. The zero-order chi connectivity index (χ0) is 37.8. The zero-order valence-corrected chi connectivity index (χ0v) is 28.3. The summed E-state index contributed by atoms with van der Waals surface area (Å²) in [6.07, 6.45) is -8.72. The van der Waals surface area contributed by atoms with Gasteiger partial charge in [0.05, 0.1) is 41.3 Å². The first kappa shape index (κ1) is 37.5. The number of carbonyl (C=O) groups is 2. The molecule has 2 aromatic heterocycles. The fraction of sp³-hybridized carbons (Fsp3) is 0.314. The monoisotopic (exact) mass is 739 g/mol. The number of aromatic nitrogens is 2. The molecule has 0 unspecified atom stereocenters. The third-order valence-corrected chi connectivity index (χ3v) is 9.83. The van der Waals surface area contributed by atoms with Gasteiger partial charge in [-0.3, -0.25) is 4.79 Å². The van der Waals surface area contributed by atoms with Crippen LogP contribution in [0.2, 0.25) is 0 Å². The number of aryl methyl sites for hydroxylation is 2. The molecule has 2 aromatic carbocycles. The summed E-state index contributed by atoms with van der Waals surface area (Å²) in [4.78, 5) is 34.7. The molecule has 2 atom stereocenters. The van der Waals surface area contributed by atoms with Gasteiger partial charge in [-0.05, 0) is 85.5 Å². The van der Waals surface area contributed by atoms with Crippen LogP contribution in [0.1, 0.15) is 68.7 Å². The number of alkyl halides is 8. The van der Waals surface area contributed by atoms with Gasteiger partial charge >= 0.3 is 18.3 Å². The molecule has 0 bridgehead atoms. The van der Waals surface area contributed by atoms with Crippen molar-refractivity contribution in [3.63, 3.8) is 0 Å². The standard InChI is InChI=1S/C35H29F8N3O4S/c1-16-8-20(31(47)48)9-17(2)28(16)21-12-25(30(50-5)44-14-21)24-6-7-27(33(4,36)37)45-26(24)15-46-18(3)29(51-32(46)49)19-10-22(34(38,39)40)13-23(11-19)35(41,42)43/h6-14,18,29H,15H2,1-5H3,(H,47,48)/t18-,29-/m0/s1. The second-order valence-corrected chi connectivity index (χ2v) is 13.3. The molecule has 1 N–H and O–H groups in total. The number of thioether (sulfide) groups is 1. The average Bonchev–Trinajstić information content (AvgIpc) is 3.31. The maximum Gasteiger partial charge on any atom is 0.416 e. The van der Waals surface area contributed by atoms with E-state index in [-0.39, 0.29) is 39.9 Å². The van der Waals surface area contributed by atoms with Crippen molar-refractivity contribution in [1.82, 2.24) is 14.9 Å². The van der Waals surface area contributed by atoms with Crippen molar-refractivity contribution < 1.29 is 54.6 Å². The lowest BCUT2D eigenvalue weighted by Gasteiger charge is -2.26. The minimum atomic E-state index is -5.10. The van der Waals surface area contributed by atoms with E-state index in [9.17, 15) is 49.8 Å². The fourth-order valence-corrected chi connectivity index (χ4v) is 7.26. The molecule has 5 rings (SSSR count). The molecule has 7 nitrogen and oxygen atoms in total. The van der Waals surface area contributed by atoms with Gasteiger partial charge in [0.15, 0.2) is 0 Å². The Labute approximate surface area is 290 Å². The molecule has 0 aliphatic carbocycles. The van der Waals surface area contributed by atoms with E-state index in [0.717, 1.165) is 11.0 Å². The third-order valence-electron chi connectivity index (χ3n) is 8.48. The molecule has 1 amide bonds. The van der Waals surface area contributed by atoms with Gasteiger partial charge in [0, 0.05) is 35.9 Å². The van der Waals surface area contributed by atoms with Gasteiger partial charge in [0.2, 0.25) is 5.88 Å². The number of hydrogen-bond donors (Lipinski definition) is 1. The van der Waals surface area contributed by atoms with Crippen LogP contribution in [-0.4, -0.2) is 44.3 Å². The van der Waals surface area contributed by atoms with E-state index in [1.54, 1.807) is 19.9 Å². The number of methoxy groups -OCH3 is 1. The van der Waals surface area contributed by atoms with Gasteiger partial charge in [-0.1, -0.05) is 17.8 Å². The summed E-state index contributed by atoms with van der Waals surface area (Å²) < 4.78 is 116. The highest BCUT2D eigenvalue weighted by atomic mass is 32.2. The van der Waals surface area contributed by atoms with E-state index in [4.69, 9.17) is 4.74 Å². The van der Waals surface area contributed by atoms with E-state index >= 15 is 0 Å². The van der Waals surface area contributed by atoms with Crippen molar-refractivity contribution in [1.29, 1.82) is 0 Å². The molecular weight excluding hydrogens is 710 g/mol. The fourth-order valence-electron chi connectivity index (χ4n) is 6.06. The van der Waals surface area contributed by atoms with Crippen LogP contribution in [0, 0.1) is 13.8 Å². The van der Waals surface area contributed by atoms with Crippen molar-refractivity contribution in [2.24, 2.45) is 0 Å². The van der Waals surface area contributed by atoms with Crippen LogP contribution in [0.4, 0.5) is 39.9 Å². The SMILES string of the molecule is COc1ncc(-c2c(C)cc(C(=O)O)cc2C)cc1-c1ccc(C(C)(F)F)nc1CN1C(=O)S[C@H](c2cc(C(F)(F)F)cc(C(F)(F)F)c2)[C@@H]1C. The van der Waals surface area contributed by atoms with Crippen LogP contribution in [0.5, 0.6) is 5.88 Å². The topological polar surface area (TPSA) is 92.6 Å². The molecule has 4 aromatic rings. The largest absolute Gasteiger partial charge is 0.481 e. The van der Waals surface area contributed by atoms with Crippen LogP contribution >= 0.6 is 11.8 Å². The van der Waals surface area contributed by atoms with E-state index in [2.05, 4.69) is 9.97 Å². The molecular formula is C35H29F8N3O4S. The number of carbonyl (C=O) groups excluding carboxylic acids is 1. The number of aromatic carboxylic acids is 1.